The third-order valence-corrected chi connectivity index (χ3v) is 4.05. The predicted molar refractivity (Wildman–Crippen MR) is 101 cm³/mol. The Kier molecular flexibility index (Phi) is 7.26. The first kappa shape index (κ1) is 19.6. The topological polar surface area (TPSA) is 69.6 Å². The average molecular weight is 358 g/mol. The predicted octanol–water partition coefficient (Wildman–Crippen LogP) is 2.77. The molecular formula is C20H26N2O4. The Balaban J connectivity index is 1.88. The van der Waals surface area contributed by atoms with Crippen LogP contribution in [0.25, 0.3) is 0 Å². The fourth-order valence-electron chi connectivity index (χ4n) is 2.52. The van der Waals surface area contributed by atoms with Crippen molar-refractivity contribution in [3.05, 3.63) is 58.0 Å². The van der Waals surface area contributed by atoms with Crippen LogP contribution in [0.15, 0.2) is 41.2 Å². The summed E-state index contributed by atoms with van der Waals surface area (Å²) in [6.45, 7) is 5.39. The number of ether oxygens (including phenoxy) is 2. The van der Waals surface area contributed by atoms with Gasteiger partial charge in [0.2, 0.25) is 0 Å². The quantitative estimate of drug-likeness (QED) is 0.700. The number of pyridine rings is 1. The number of rotatable bonds is 9. The van der Waals surface area contributed by atoms with Crippen LogP contribution < -0.4 is 20.3 Å². The number of methoxy groups -OCH3 is 1. The number of unbranched alkanes of at least 4 members (excludes halogenated alkanes) is 1. The average Bonchev–Trinajstić information content (AvgIpc) is 2.64. The first-order valence-electron chi connectivity index (χ1n) is 8.81. The van der Waals surface area contributed by atoms with Gasteiger partial charge in [-0.3, -0.25) is 9.59 Å². The van der Waals surface area contributed by atoms with Crippen LogP contribution in [0.1, 0.15) is 35.8 Å². The minimum absolute atomic E-state index is 0.148. The van der Waals surface area contributed by atoms with Gasteiger partial charge in [-0.1, -0.05) is 13.3 Å². The van der Waals surface area contributed by atoms with E-state index in [1.807, 2.05) is 6.92 Å². The van der Waals surface area contributed by atoms with Gasteiger partial charge in [0, 0.05) is 30.4 Å². The first-order chi connectivity index (χ1) is 12.5. The van der Waals surface area contributed by atoms with Crippen LogP contribution >= 0.6 is 0 Å². The molecule has 0 radical (unpaired) electrons. The molecule has 0 aliphatic rings. The summed E-state index contributed by atoms with van der Waals surface area (Å²) in [6, 6.07) is 10.3. The Hall–Kier alpha value is -2.76. The number of nitrogens with zero attached hydrogens (tertiary/aromatic N) is 1. The molecule has 140 valence electrons. The van der Waals surface area contributed by atoms with Crippen molar-refractivity contribution in [3.8, 4) is 11.5 Å². The van der Waals surface area contributed by atoms with Crippen LogP contribution in [-0.2, 0) is 6.54 Å². The van der Waals surface area contributed by atoms with E-state index in [2.05, 4.69) is 12.2 Å². The van der Waals surface area contributed by atoms with Crippen molar-refractivity contribution in [1.29, 1.82) is 0 Å². The standard InChI is InChI=1S/C20H26N2O4/c1-4-5-12-26-17-8-6-16(7-9-17)20(24)21-10-11-22-15(2)13-18(25-3)14-19(22)23/h6-9,13-14H,4-5,10-12H2,1-3H3,(H,21,24). The number of benzene rings is 1. The van der Waals surface area contributed by atoms with Gasteiger partial charge in [0.05, 0.1) is 13.7 Å². The zero-order chi connectivity index (χ0) is 18.9. The van der Waals surface area contributed by atoms with E-state index in [1.165, 1.54) is 13.2 Å². The highest BCUT2D eigenvalue weighted by molar-refractivity contribution is 5.94. The molecule has 2 rings (SSSR count). The van der Waals surface area contributed by atoms with E-state index in [0.29, 0.717) is 31.0 Å². The van der Waals surface area contributed by atoms with Crippen molar-refractivity contribution in [2.75, 3.05) is 20.3 Å². The van der Waals surface area contributed by atoms with Crippen LogP contribution in [0, 0.1) is 6.92 Å². The van der Waals surface area contributed by atoms with Gasteiger partial charge in [-0.05, 0) is 43.7 Å². The number of aromatic nitrogens is 1. The highest BCUT2D eigenvalue weighted by atomic mass is 16.5. The number of aryl methyl sites for hydroxylation is 1. The first-order valence-corrected chi connectivity index (χ1v) is 8.81. The molecule has 1 aromatic carbocycles. The molecule has 0 aliphatic heterocycles. The van der Waals surface area contributed by atoms with E-state index < -0.39 is 0 Å². The molecule has 0 bridgehead atoms. The Morgan fingerprint density at radius 1 is 1.15 bits per heavy atom. The summed E-state index contributed by atoms with van der Waals surface area (Å²) in [5, 5.41) is 2.83. The molecule has 1 heterocycles. The molecule has 26 heavy (non-hydrogen) atoms. The Labute approximate surface area is 153 Å². The van der Waals surface area contributed by atoms with Gasteiger partial charge < -0.3 is 19.4 Å². The molecule has 0 atom stereocenters. The van der Waals surface area contributed by atoms with Gasteiger partial charge >= 0.3 is 0 Å². The fourth-order valence-corrected chi connectivity index (χ4v) is 2.52. The molecule has 0 aliphatic carbocycles. The second-order valence-electron chi connectivity index (χ2n) is 6.01. The zero-order valence-corrected chi connectivity index (χ0v) is 15.6. The molecule has 2 aromatic rings. The summed E-state index contributed by atoms with van der Waals surface area (Å²) < 4.78 is 12.3. The van der Waals surface area contributed by atoms with Gasteiger partial charge in [-0.25, -0.2) is 0 Å². The third-order valence-electron chi connectivity index (χ3n) is 4.05. The minimum atomic E-state index is -0.177. The SMILES string of the molecule is CCCCOc1ccc(C(=O)NCCn2c(C)cc(OC)cc2=O)cc1. The highest BCUT2D eigenvalue weighted by Crippen LogP contribution is 2.13. The van der Waals surface area contributed by atoms with Crippen molar-refractivity contribution >= 4 is 5.91 Å². The molecule has 0 unspecified atom stereocenters. The van der Waals surface area contributed by atoms with E-state index in [-0.39, 0.29) is 11.5 Å². The third kappa shape index (κ3) is 5.37. The monoisotopic (exact) mass is 358 g/mol. The molecule has 0 fully saturated rings. The number of nitrogens with one attached hydrogen (secondary N) is 1. The number of carbonyl (C=O) groups excluding carboxylic acids is 1. The van der Waals surface area contributed by atoms with Gasteiger partial charge in [-0.2, -0.15) is 0 Å². The summed E-state index contributed by atoms with van der Waals surface area (Å²) in [4.78, 5) is 24.3. The number of hydrogen-bond donors (Lipinski definition) is 1. The number of amides is 1. The normalized spacial score (nSPS) is 10.4. The summed E-state index contributed by atoms with van der Waals surface area (Å²) in [5.74, 6) is 1.12. The van der Waals surface area contributed by atoms with Crippen molar-refractivity contribution in [1.82, 2.24) is 9.88 Å². The van der Waals surface area contributed by atoms with Crippen LogP contribution in [0.5, 0.6) is 11.5 Å². The van der Waals surface area contributed by atoms with Gasteiger partial charge in [0.25, 0.3) is 11.5 Å². The minimum Gasteiger partial charge on any atom is -0.496 e. The Bertz CT molecular complexity index is 781. The molecule has 6 nitrogen and oxygen atoms in total. The molecular weight excluding hydrogens is 332 g/mol. The van der Waals surface area contributed by atoms with Crippen LogP contribution in [0.3, 0.4) is 0 Å². The van der Waals surface area contributed by atoms with E-state index in [9.17, 15) is 9.59 Å². The highest BCUT2D eigenvalue weighted by Gasteiger charge is 2.07. The number of hydrogen-bond acceptors (Lipinski definition) is 4. The molecule has 0 saturated heterocycles. The van der Waals surface area contributed by atoms with E-state index in [4.69, 9.17) is 9.47 Å². The number of carbonyl (C=O) groups is 1. The van der Waals surface area contributed by atoms with Gasteiger partial charge in [0.15, 0.2) is 0 Å². The maximum absolute atomic E-state index is 12.2. The second-order valence-corrected chi connectivity index (χ2v) is 6.01. The summed E-state index contributed by atoms with van der Waals surface area (Å²) >= 11 is 0. The zero-order valence-electron chi connectivity index (χ0n) is 15.6. The lowest BCUT2D eigenvalue weighted by atomic mass is 10.2. The fraction of sp³-hybridized carbons (Fsp3) is 0.400. The molecule has 1 amide bonds. The molecule has 6 heteroatoms. The van der Waals surface area contributed by atoms with Gasteiger partial charge in [-0.15, -0.1) is 0 Å². The second kappa shape index (κ2) is 9.65. The summed E-state index contributed by atoms with van der Waals surface area (Å²) in [5.41, 5.74) is 1.20. The Morgan fingerprint density at radius 3 is 2.50 bits per heavy atom. The van der Waals surface area contributed by atoms with Crippen molar-refractivity contribution in [3.63, 3.8) is 0 Å². The lowest BCUT2D eigenvalue weighted by Crippen LogP contribution is -2.31. The summed E-state index contributed by atoms with van der Waals surface area (Å²) in [7, 11) is 1.53. The van der Waals surface area contributed by atoms with Crippen molar-refractivity contribution in [2.24, 2.45) is 0 Å². The van der Waals surface area contributed by atoms with E-state index in [1.54, 1.807) is 34.9 Å². The maximum Gasteiger partial charge on any atom is 0.254 e. The molecule has 0 spiro atoms. The largest absolute Gasteiger partial charge is 0.496 e. The van der Waals surface area contributed by atoms with Crippen LogP contribution in [0.4, 0.5) is 0 Å². The molecule has 1 N–H and O–H groups in total. The van der Waals surface area contributed by atoms with Crippen LogP contribution in [-0.4, -0.2) is 30.7 Å². The van der Waals surface area contributed by atoms with Crippen molar-refractivity contribution in [2.45, 2.75) is 33.2 Å². The smallest absolute Gasteiger partial charge is 0.254 e. The Morgan fingerprint density at radius 2 is 1.88 bits per heavy atom. The van der Waals surface area contributed by atoms with Crippen LogP contribution in [0.2, 0.25) is 0 Å². The maximum atomic E-state index is 12.2. The molecule has 0 saturated carbocycles. The lowest BCUT2D eigenvalue weighted by molar-refractivity contribution is 0.0952. The van der Waals surface area contributed by atoms with Crippen molar-refractivity contribution < 1.29 is 14.3 Å². The van der Waals surface area contributed by atoms with Gasteiger partial charge in [0.1, 0.15) is 11.5 Å². The lowest BCUT2D eigenvalue weighted by Gasteiger charge is -2.12. The van der Waals surface area contributed by atoms with E-state index in [0.717, 1.165) is 24.3 Å². The molecule has 1 aromatic heterocycles. The van der Waals surface area contributed by atoms with E-state index >= 15 is 0 Å². The summed E-state index contributed by atoms with van der Waals surface area (Å²) in [6.07, 6.45) is 2.09.